The van der Waals surface area contributed by atoms with Crippen molar-refractivity contribution < 1.29 is 23.5 Å². The Morgan fingerprint density at radius 2 is 1.76 bits per heavy atom. The highest BCUT2D eigenvalue weighted by Gasteiger charge is 2.24. The molecule has 0 aromatic heterocycles. The highest BCUT2D eigenvalue weighted by atomic mass is 19.1. The molecule has 2 amide bonds. The number of anilines is 2. The standard InChI is InChI=1S/C22H27FN2O4/c1-6-28-20(26)24-19-12-11-18(13-15(19)2)25(21(27)29-22(3,4)5)14-16-7-9-17(23)10-8-16/h7-13H,6,14H2,1-5H3,(H,24,26). The van der Waals surface area contributed by atoms with Crippen LogP contribution in [0.15, 0.2) is 42.5 Å². The second-order valence-corrected chi connectivity index (χ2v) is 7.54. The lowest BCUT2D eigenvalue weighted by atomic mass is 10.1. The second kappa shape index (κ2) is 9.41. The summed E-state index contributed by atoms with van der Waals surface area (Å²) in [6.45, 7) is 9.39. The number of amides is 2. The fourth-order valence-corrected chi connectivity index (χ4v) is 2.58. The molecule has 0 radical (unpaired) electrons. The summed E-state index contributed by atoms with van der Waals surface area (Å²) in [4.78, 5) is 26.0. The predicted octanol–water partition coefficient (Wildman–Crippen LogP) is 5.64. The molecule has 0 spiro atoms. The lowest BCUT2D eigenvalue weighted by Gasteiger charge is -2.28. The van der Waals surface area contributed by atoms with E-state index in [1.807, 2.05) is 6.92 Å². The molecule has 0 heterocycles. The lowest BCUT2D eigenvalue weighted by Crippen LogP contribution is -2.36. The molecule has 6 nitrogen and oxygen atoms in total. The van der Waals surface area contributed by atoms with Crippen LogP contribution in [-0.4, -0.2) is 24.4 Å². The van der Waals surface area contributed by atoms with Crippen molar-refractivity contribution >= 4 is 23.6 Å². The van der Waals surface area contributed by atoms with Crippen LogP contribution >= 0.6 is 0 Å². The smallest absolute Gasteiger partial charge is 0.415 e. The molecule has 2 aromatic carbocycles. The highest BCUT2D eigenvalue weighted by molar-refractivity contribution is 5.90. The number of carbonyl (C=O) groups is 2. The second-order valence-electron chi connectivity index (χ2n) is 7.54. The number of nitrogens with zero attached hydrogens (tertiary/aromatic N) is 1. The van der Waals surface area contributed by atoms with E-state index in [1.165, 1.54) is 17.0 Å². The summed E-state index contributed by atoms with van der Waals surface area (Å²) >= 11 is 0. The highest BCUT2D eigenvalue weighted by Crippen LogP contribution is 2.26. The van der Waals surface area contributed by atoms with E-state index in [9.17, 15) is 14.0 Å². The molecule has 1 N–H and O–H groups in total. The zero-order valence-electron chi connectivity index (χ0n) is 17.4. The van der Waals surface area contributed by atoms with E-state index in [1.54, 1.807) is 58.0 Å². The zero-order chi connectivity index (χ0) is 21.6. The van der Waals surface area contributed by atoms with Gasteiger partial charge in [0, 0.05) is 11.4 Å². The number of hydrogen-bond donors (Lipinski definition) is 1. The summed E-state index contributed by atoms with van der Waals surface area (Å²) in [5, 5.41) is 2.66. The van der Waals surface area contributed by atoms with Gasteiger partial charge in [0.05, 0.1) is 13.2 Å². The molecule has 0 saturated heterocycles. The van der Waals surface area contributed by atoms with Gasteiger partial charge in [-0.2, -0.15) is 0 Å². The molecule has 0 atom stereocenters. The van der Waals surface area contributed by atoms with Crippen LogP contribution in [-0.2, 0) is 16.0 Å². The molecule has 7 heteroatoms. The molecule has 0 saturated carbocycles. The number of ether oxygens (including phenoxy) is 2. The fraction of sp³-hybridized carbons (Fsp3) is 0.364. The molecule has 2 aromatic rings. The van der Waals surface area contributed by atoms with E-state index in [4.69, 9.17) is 9.47 Å². The van der Waals surface area contributed by atoms with Crippen molar-refractivity contribution in [2.45, 2.75) is 46.8 Å². The Kier molecular flexibility index (Phi) is 7.20. The van der Waals surface area contributed by atoms with Crippen LogP contribution < -0.4 is 10.2 Å². The minimum absolute atomic E-state index is 0.208. The first-order valence-corrected chi connectivity index (χ1v) is 9.38. The van der Waals surface area contributed by atoms with Gasteiger partial charge in [0.1, 0.15) is 11.4 Å². The zero-order valence-corrected chi connectivity index (χ0v) is 17.4. The summed E-state index contributed by atoms with van der Waals surface area (Å²) in [7, 11) is 0. The maximum atomic E-state index is 13.2. The van der Waals surface area contributed by atoms with Crippen molar-refractivity contribution in [2.75, 3.05) is 16.8 Å². The minimum Gasteiger partial charge on any atom is -0.450 e. The van der Waals surface area contributed by atoms with Gasteiger partial charge in [-0.1, -0.05) is 12.1 Å². The molecule has 2 rings (SSSR count). The van der Waals surface area contributed by atoms with E-state index in [0.29, 0.717) is 11.4 Å². The summed E-state index contributed by atoms with van der Waals surface area (Å²) in [6.07, 6.45) is -1.06. The first-order valence-electron chi connectivity index (χ1n) is 9.38. The molecule has 0 aliphatic carbocycles. The van der Waals surface area contributed by atoms with Crippen molar-refractivity contribution in [1.82, 2.24) is 0 Å². The van der Waals surface area contributed by atoms with Crippen molar-refractivity contribution in [1.29, 1.82) is 0 Å². The van der Waals surface area contributed by atoms with Crippen LogP contribution in [0.3, 0.4) is 0 Å². The summed E-state index contributed by atoms with van der Waals surface area (Å²) in [5.74, 6) is -0.345. The van der Waals surface area contributed by atoms with E-state index >= 15 is 0 Å². The van der Waals surface area contributed by atoms with Gasteiger partial charge in [-0.05, 0) is 76.1 Å². The molecule has 156 valence electrons. The average molecular weight is 402 g/mol. The SMILES string of the molecule is CCOC(=O)Nc1ccc(N(Cc2ccc(F)cc2)C(=O)OC(C)(C)C)cc1C. The van der Waals surface area contributed by atoms with Crippen LogP contribution in [0, 0.1) is 12.7 Å². The Bertz CT molecular complexity index is 860. The van der Waals surface area contributed by atoms with Gasteiger partial charge in [0.2, 0.25) is 0 Å². The fourth-order valence-electron chi connectivity index (χ4n) is 2.58. The van der Waals surface area contributed by atoms with Gasteiger partial charge in [-0.25, -0.2) is 14.0 Å². The first-order chi connectivity index (χ1) is 13.6. The number of nitrogens with one attached hydrogen (secondary N) is 1. The first kappa shape index (κ1) is 22.2. The number of rotatable bonds is 5. The Morgan fingerprint density at radius 3 is 2.31 bits per heavy atom. The van der Waals surface area contributed by atoms with Crippen LogP contribution in [0.4, 0.5) is 25.4 Å². The van der Waals surface area contributed by atoms with Gasteiger partial charge in [-0.3, -0.25) is 10.2 Å². The third kappa shape index (κ3) is 6.78. The quantitative estimate of drug-likeness (QED) is 0.702. The van der Waals surface area contributed by atoms with Crippen molar-refractivity contribution in [3.8, 4) is 0 Å². The third-order valence-corrected chi connectivity index (χ3v) is 3.90. The van der Waals surface area contributed by atoms with E-state index in [2.05, 4.69) is 5.32 Å². The predicted molar refractivity (Wildman–Crippen MR) is 111 cm³/mol. The van der Waals surface area contributed by atoms with Crippen molar-refractivity contribution in [3.63, 3.8) is 0 Å². The van der Waals surface area contributed by atoms with Crippen molar-refractivity contribution in [3.05, 3.63) is 59.4 Å². The topological polar surface area (TPSA) is 67.9 Å². The van der Waals surface area contributed by atoms with E-state index in [-0.39, 0.29) is 19.0 Å². The van der Waals surface area contributed by atoms with Crippen molar-refractivity contribution in [2.24, 2.45) is 0 Å². The monoisotopic (exact) mass is 402 g/mol. The normalized spacial score (nSPS) is 11.0. The molecule has 0 unspecified atom stereocenters. The van der Waals surface area contributed by atoms with E-state index in [0.717, 1.165) is 11.1 Å². The molecule has 29 heavy (non-hydrogen) atoms. The lowest BCUT2D eigenvalue weighted by molar-refractivity contribution is 0.0577. The van der Waals surface area contributed by atoms with Gasteiger partial charge in [0.15, 0.2) is 0 Å². The van der Waals surface area contributed by atoms with Crippen LogP contribution in [0.5, 0.6) is 0 Å². The number of benzene rings is 2. The number of aryl methyl sites for hydroxylation is 1. The Labute approximate surface area is 170 Å². The Balaban J connectivity index is 2.31. The maximum Gasteiger partial charge on any atom is 0.415 e. The Morgan fingerprint density at radius 1 is 1.10 bits per heavy atom. The van der Waals surface area contributed by atoms with Crippen LogP contribution in [0.2, 0.25) is 0 Å². The third-order valence-electron chi connectivity index (χ3n) is 3.90. The summed E-state index contributed by atoms with van der Waals surface area (Å²) < 4.78 is 23.7. The van der Waals surface area contributed by atoms with E-state index < -0.39 is 17.8 Å². The van der Waals surface area contributed by atoms with Crippen LogP contribution in [0.1, 0.15) is 38.8 Å². The molecular weight excluding hydrogens is 375 g/mol. The molecular formula is C22H27FN2O4. The van der Waals surface area contributed by atoms with Crippen LogP contribution in [0.25, 0.3) is 0 Å². The average Bonchev–Trinajstić information content (AvgIpc) is 2.61. The molecule has 0 aliphatic heterocycles. The largest absolute Gasteiger partial charge is 0.450 e. The van der Waals surface area contributed by atoms with Gasteiger partial charge in [0.25, 0.3) is 0 Å². The molecule has 0 aliphatic rings. The number of carbonyl (C=O) groups excluding carboxylic acids is 2. The minimum atomic E-state index is -0.668. The maximum absolute atomic E-state index is 13.2. The number of hydrogen-bond acceptors (Lipinski definition) is 4. The summed E-state index contributed by atoms with van der Waals surface area (Å²) in [5.41, 5.74) is 2.01. The van der Waals surface area contributed by atoms with Gasteiger partial charge < -0.3 is 9.47 Å². The van der Waals surface area contributed by atoms with Gasteiger partial charge in [-0.15, -0.1) is 0 Å². The molecule has 0 fully saturated rings. The van der Waals surface area contributed by atoms with Gasteiger partial charge >= 0.3 is 12.2 Å². The summed E-state index contributed by atoms with van der Waals surface area (Å²) in [6, 6.07) is 11.1. The number of halogens is 1. The molecule has 0 bridgehead atoms. The Hall–Kier alpha value is -3.09.